The zero-order valence-corrected chi connectivity index (χ0v) is 10.4. The number of nitrogens with one attached hydrogen (secondary N) is 1. The monoisotopic (exact) mass is 211 g/mol. The highest BCUT2D eigenvalue weighted by atomic mass is 15.2. The highest BCUT2D eigenvalue weighted by Gasteiger charge is 2.34. The lowest BCUT2D eigenvalue weighted by molar-refractivity contribution is 0.161. The van der Waals surface area contributed by atoms with E-state index in [-0.39, 0.29) is 0 Å². The van der Waals surface area contributed by atoms with E-state index in [0.29, 0.717) is 0 Å². The molecule has 2 rings (SSSR count). The Morgan fingerprint density at radius 2 is 1.60 bits per heavy atom. The fraction of sp³-hybridized carbons (Fsp3) is 1.00. The third-order valence-corrected chi connectivity index (χ3v) is 3.97. The second-order valence-electron chi connectivity index (χ2n) is 5.55. The van der Waals surface area contributed by atoms with Crippen LogP contribution in [0.15, 0.2) is 0 Å². The lowest BCUT2D eigenvalue weighted by atomic mass is 9.98. The summed E-state index contributed by atoms with van der Waals surface area (Å²) in [5.74, 6) is 0. The van der Waals surface area contributed by atoms with E-state index in [2.05, 4.69) is 36.3 Å². The van der Waals surface area contributed by atoms with Gasteiger partial charge < -0.3 is 15.1 Å². The lowest BCUT2D eigenvalue weighted by Crippen LogP contribution is -2.48. The predicted octanol–water partition coefficient (Wildman–Crippen LogP) is 0.763. The summed E-state index contributed by atoms with van der Waals surface area (Å²) in [4.78, 5) is 4.83. The Labute approximate surface area is 93.8 Å². The first-order chi connectivity index (χ1) is 7.15. The molecule has 0 aromatic rings. The highest BCUT2D eigenvalue weighted by Crippen LogP contribution is 2.28. The van der Waals surface area contributed by atoms with E-state index in [1.807, 2.05) is 0 Å². The second-order valence-corrected chi connectivity index (χ2v) is 5.55. The molecule has 2 unspecified atom stereocenters. The van der Waals surface area contributed by atoms with Crippen molar-refractivity contribution >= 4 is 0 Å². The SMILES string of the molecule is CN(C)CCN(C)C1CC2CCC(C1)N2. The smallest absolute Gasteiger partial charge is 0.0122 e. The molecule has 88 valence electrons. The van der Waals surface area contributed by atoms with Gasteiger partial charge in [0.2, 0.25) is 0 Å². The summed E-state index contributed by atoms with van der Waals surface area (Å²) in [6.45, 7) is 2.38. The van der Waals surface area contributed by atoms with E-state index in [0.717, 1.165) is 18.1 Å². The number of likely N-dealkylation sites (N-methyl/N-ethyl adjacent to an activating group) is 2. The van der Waals surface area contributed by atoms with Crippen molar-refractivity contribution in [2.45, 2.75) is 43.8 Å². The van der Waals surface area contributed by atoms with Crippen LogP contribution in [0.4, 0.5) is 0 Å². The van der Waals surface area contributed by atoms with Crippen LogP contribution in [0.2, 0.25) is 0 Å². The Balaban J connectivity index is 1.78. The van der Waals surface area contributed by atoms with Crippen LogP contribution < -0.4 is 5.32 Å². The first kappa shape index (κ1) is 11.4. The molecule has 3 heteroatoms. The molecular formula is C12H25N3. The fourth-order valence-corrected chi connectivity index (χ4v) is 2.93. The van der Waals surface area contributed by atoms with E-state index in [1.54, 1.807) is 0 Å². The average molecular weight is 211 g/mol. The molecule has 2 atom stereocenters. The molecule has 15 heavy (non-hydrogen) atoms. The number of nitrogens with zero attached hydrogens (tertiary/aromatic N) is 2. The summed E-state index contributed by atoms with van der Waals surface area (Å²) in [7, 11) is 6.60. The highest BCUT2D eigenvalue weighted by molar-refractivity contribution is 4.95. The Morgan fingerprint density at radius 1 is 1.00 bits per heavy atom. The predicted molar refractivity (Wildman–Crippen MR) is 64.2 cm³/mol. The van der Waals surface area contributed by atoms with Crippen molar-refractivity contribution < 1.29 is 0 Å². The molecule has 0 aliphatic carbocycles. The van der Waals surface area contributed by atoms with Gasteiger partial charge in [0.25, 0.3) is 0 Å². The summed E-state index contributed by atoms with van der Waals surface area (Å²) in [5, 5.41) is 3.70. The van der Waals surface area contributed by atoms with E-state index >= 15 is 0 Å². The van der Waals surface area contributed by atoms with Crippen molar-refractivity contribution in [3.05, 3.63) is 0 Å². The zero-order chi connectivity index (χ0) is 10.8. The van der Waals surface area contributed by atoms with Crippen LogP contribution in [-0.4, -0.2) is 62.2 Å². The Bertz CT molecular complexity index is 193. The molecule has 2 fully saturated rings. The van der Waals surface area contributed by atoms with Crippen LogP contribution in [-0.2, 0) is 0 Å². The molecule has 2 aliphatic heterocycles. The van der Waals surface area contributed by atoms with Crippen molar-refractivity contribution in [1.82, 2.24) is 15.1 Å². The molecule has 0 saturated carbocycles. The largest absolute Gasteiger partial charge is 0.311 e. The van der Waals surface area contributed by atoms with Crippen LogP contribution in [0.25, 0.3) is 0 Å². The van der Waals surface area contributed by atoms with Gasteiger partial charge in [0.05, 0.1) is 0 Å². The second kappa shape index (κ2) is 4.81. The van der Waals surface area contributed by atoms with E-state index in [1.165, 1.54) is 38.8 Å². The standard InChI is InChI=1S/C12H25N3/c1-14(2)6-7-15(3)12-8-10-4-5-11(9-12)13-10/h10-13H,4-9H2,1-3H3. The minimum Gasteiger partial charge on any atom is -0.311 e. The molecular weight excluding hydrogens is 186 g/mol. The van der Waals surface area contributed by atoms with Crippen LogP contribution in [0.5, 0.6) is 0 Å². The molecule has 0 aromatic heterocycles. The number of hydrogen-bond acceptors (Lipinski definition) is 3. The topological polar surface area (TPSA) is 18.5 Å². The summed E-state index contributed by atoms with van der Waals surface area (Å²) < 4.78 is 0. The van der Waals surface area contributed by atoms with Crippen molar-refractivity contribution in [2.75, 3.05) is 34.2 Å². The summed E-state index contributed by atoms with van der Waals surface area (Å²) >= 11 is 0. The maximum Gasteiger partial charge on any atom is 0.0122 e. The Morgan fingerprint density at radius 3 is 2.13 bits per heavy atom. The fourth-order valence-electron chi connectivity index (χ4n) is 2.93. The third kappa shape index (κ3) is 2.92. The van der Waals surface area contributed by atoms with E-state index in [4.69, 9.17) is 0 Å². The molecule has 0 spiro atoms. The van der Waals surface area contributed by atoms with Crippen molar-refractivity contribution in [3.63, 3.8) is 0 Å². The van der Waals surface area contributed by atoms with E-state index < -0.39 is 0 Å². The molecule has 0 aromatic carbocycles. The quantitative estimate of drug-likeness (QED) is 0.741. The van der Waals surface area contributed by atoms with Crippen molar-refractivity contribution in [3.8, 4) is 0 Å². The van der Waals surface area contributed by atoms with E-state index in [9.17, 15) is 0 Å². The maximum atomic E-state index is 3.70. The van der Waals surface area contributed by atoms with Crippen LogP contribution in [0.1, 0.15) is 25.7 Å². The molecule has 2 bridgehead atoms. The molecule has 2 saturated heterocycles. The van der Waals surface area contributed by atoms with Crippen LogP contribution in [0, 0.1) is 0 Å². The number of fused-ring (bicyclic) bond motifs is 2. The van der Waals surface area contributed by atoms with Gasteiger partial charge in [0.1, 0.15) is 0 Å². The molecule has 2 heterocycles. The van der Waals surface area contributed by atoms with Gasteiger partial charge in [-0.15, -0.1) is 0 Å². The Hall–Kier alpha value is -0.120. The summed E-state index contributed by atoms with van der Waals surface area (Å²) in [5.41, 5.74) is 0. The van der Waals surface area contributed by atoms with Gasteiger partial charge >= 0.3 is 0 Å². The Kier molecular flexibility index (Phi) is 3.65. The van der Waals surface area contributed by atoms with Crippen molar-refractivity contribution in [1.29, 1.82) is 0 Å². The summed E-state index contributed by atoms with van der Waals surface area (Å²) in [6, 6.07) is 2.45. The lowest BCUT2D eigenvalue weighted by Gasteiger charge is -2.36. The number of rotatable bonds is 4. The molecule has 2 aliphatic rings. The van der Waals surface area contributed by atoms with Gasteiger partial charge in [0, 0.05) is 31.2 Å². The van der Waals surface area contributed by atoms with Gasteiger partial charge in [-0.05, 0) is 46.8 Å². The molecule has 0 amide bonds. The van der Waals surface area contributed by atoms with Crippen LogP contribution >= 0.6 is 0 Å². The zero-order valence-electron chi connectivity index (χ0n) is 10.4. The minimum absolute atomic E-state index is 0.815. The minimum atomic E-state index is 0.815. The van der Waals surface area contributed by atoms with Gasteiger partial charge in [-0.2, -0.15) is 0 Å². The number of hydrogen-bond donors (Lipinski definition) is 1. The molecule has 3 nitrogen and oxygen atoms in total. The van der Waals surface area contributed by atoms with Gasteiger partial charge in [0.15, 0.2) is 0 Å². The normalized spacial score (nSPS) is 35.4. The molecule has 0 radical (unpaired) electrons. The van der Waals surface area contributed by atoms with Gasteiger partial charge in [-0.25, -0.2) is 0 Å². The third-order valence-electron chi connectivity index (χ3n) is 3.97. The number of piperidine rings is 1. The van der Waals surface area contributed by atoms with Gasteiger partial charge in [-0.3, -0.25) is 0 Å². The average Bonchev–Trinajstić information content (AvgIpc) is 2.54. The van der Waals surface area contributed by atoms with Crippen molar-refractivity contribution in [2.24, 2.45) is 0 Å². The first-order valence-corrected chi connectivity index (χ1v) is 6.26. The summed E-state index contributed by atoms with van der Waals surface area (Å²) in [6.07, 6.45) is 5.53. The first-order valence-electron chi connectivity index (χ1n) is 6.26. The van der Waals surface area contributed by atoms with Gasteiger partial charge in [-0.1, -0.05) is 0 Å². The maximum absolute atomic E-state index is 3.70. The molecule has 1 N–H and O–H groups in total. The van der Waals surface area contributed by atoms with Crippen LogP contribution in [0.3, 0.4) is 0 Å².